The molecule has 1 fully saturated rings. The van der Waals surface area contributed by atoms with Crippen LogP contribution >= 0.6 is 0 Å². The summed E-state index contributed by atoms with van der Waals surface area (Å²) in [6.45, 7) is 1.28. The van der Waals surface area contributed by atoms with Crippen LogP contribution in [0, 0.1) is 0 Å². The third kappa shape index (κ3) is 2.88. The van der Waals surface area contributed by atoms with Gasteiger partial charge in [-0.05, 0) is 18.2 Å². The molecule has 2 rings (SSSR count). The Labute approximate surface area is 99.7 Å². The van der Waals surface area contributed by atoms with Gasteiger partial charge >= 0.3 is 0 Å². The van der Waals surface area contributed by atoms with Crippen LogP contribution in [0.3, 0.4) is 0 Å². The fourth-order valence-electron chi connectivity index (χ4n) is 1.47. The molecule has 0 radical (unpaired) electrons. The molecule has 1 atom stereocenters. The van der Waals surface area contributed by atoms with Crippen molar-refractivity contribution in [3.8, 4) is 11.5 Å². The first kappa shape index (κ1) is 11.7. The van der Waals surface area contributed by atoms with Gasteiger partial charge in [0.25, 0.3) is 5.91 Å². The molecule has 1 aliphatic heterocycles. The van der Waals surface area contributed by atoms with Crippen LogP contribution in [0.4, 0.5) is 0 Å². The minimum Gasteiger partial charge on any atom is -0.493 e. The molecule has 5 heteroatoms. The zero-order valence-electron chi connectivity index (χ0n) is 9.86. The SMILES string of the molecule is COc1ccc(C(=O)NCC2CO2)cc1OC. The van der Waals surface area contributed by atoms with Crippen LogP contribution in [0.2, 0.25) is 0 Å². The first-order valence-electron chi connectivity index (χ1n) is 5.36. The number of benzene rings is 1. The Morgan fingerprint density at radius 3 is 2.71 bits per heavy atom. The Hall–Kier alpha value is -1.75. The molecule has 92 valence electrons. The monoisotopic (exact) mass is 237 g/mol. The lowest BCUT2D eigenvalue weighted by Gasteiger charge is -2.09. The van der Waals surface area contributed by atoms with Crippen molar-refractivity contribution in [3.63, 3.8) is 0 Å². The molecule has 1 amide bonds. The number of methoxy groups -OCH3 is 2. The van der Waals surface area contributed by atoms with E-state index in [2.05, 4.69) is 5.32 Å². The molecule has 0 bridgehead atoms. The van der Waals surface area contributed by atoms with E-state index in [0.29, 0.717) is 23.6 Å². The first-order valence-corrected chi connectivity index (χ1v) is 5.36. The summed E-state index contributed by atoms with van der Waals surface area (Å²) in [6, 6.07) is 5.06. The highest BCUT2D eigenvalue weighted by molar-refractivity contribution is 5.94. The maximum Gasteiger partial charge on any atom is 0.251 e. The van der Waals surface area contributed by atoms with Gasteiger partial charge in [0.1, 0.15) is 0 Å². The van der Waals surface area contributed by atoms with Gasteiger partial charge in [0.15, 0.2) is 11.5 Å². The quantitative estimate of drug-likeness (QED) is 0.771. The minimum atomic E-state index is -0.138. The summed E-state index contributed by atoms with van der Waals surface area (Å²) in [5.41, 5.74) is 0.545. The van der Waals surface area contributed by atoms with Crippen LogP contribution < -0.4 is 14.8 Å². The summed E-state index contributed by atoms with van der Waals surface area (Å²) in [6.07, 6.45) is 0.180. The highest BCUT2D eigenvalue weighted by Crippen LogP contribution is 2.27. The molecular weight excluding hydrogens is 222 g/mol. The lowest BCUT2D eigenvalue weighted by molar-refractivity contribution is 0.0950. The van der Waals surface area contributed by atoms with E-state index in [0.717, 1.165) is 6.61 Å². The van der Waals surface area contributed by atoms with Gasteiger partial charge in [-0.1, -0.05) is 0 Å². The number of epoxide rings is 1. The van der Waals surface area contributed by atoms with Crippen LogP contribution in [-0.4, -0.2) is 39.4 Å². The molecule has 1 saturated heterocycles. The van der Waals surface area contributed by atoms with Crippen molar-refractivity contribution < 1.29 is 19.0 Å². The van der Waals surface area contributed by atoms with Gasteiger partial charge in [-0.3, -0.25) is 4.79 Å². The highest BCUT2D eigenvalue weighted by atomic mass is 16.6. The Morgan fingerprint density at radius 1 is 1.41 bits per heavy atom. The van der Waals surface area contributed by atoms with Crippen LogP contribution in [0.1, 0.15) is 10.4 Å². The van der Waals surface area contributed by atoms with E-state index in [4.69, 9.17) is 14.2 Å². The molecule has 1 aromatic rings. The van der Waals surface area contributed by atoms with Gasteiger partial charge in [-0.15, -0.1) is 0 Å². The Kier molecular flexibility index (Phi) is 3.49. The molecule has 1 heterocycles. The summed E-state index contributed by atoms with van der Waals surface area (Å²) in [5, 5.41) is 2.79. The van der Waals surface area contributed by atoms with E-state index in [1.54, 1.807) is 25.3 Å². The van der Waals surface area contributed by atoms with Gasteiger partial charge in [0.05, 0.1) is 26.9 Å². The molecule has 1 aliphatic rings. The van der Waals surface area contributed by atoms with Crippen molar-refractivity contribution in [1.82, 2.24) is 5.32 Å². The van der Waals surface area contributed by atoms with Crippen molar-refractivity contribution in [2.45, 2.75) is 6.10 Å². The van der Waals surface area contributed by atoms with E-state index in [-0.39, 0.29) is 12.0 Å². The number of carbonyl (C=O) groups is 1. The summed E-state index contributed by atoms with van der Waals surface area (Å²) >= 11 is 0. The molecule has 0 aliphatic carbocycles. The number of hydrogen-bond acceptors (Lipinski definition) is 4. The summed E-state index contributed by atoms with van der Waals surface area (Å²) in [5.74, 6) is 1.01. The Bertz CT molecular complexity index is 415. The smallest absolute Gasteiger partial charge is 0.251 e. The lowest BCUT2D eigenvalue weighted by atomic mass is 10.2. The average molecular weight is 237 g/mol. The largest absolute Gasteiger partial charge is 0.493 e. The van der Waals surface area contributed by atoms with E-state index in [9.17, 15) is 4.79 Å². The number of amides is 1. The summed E-state index contributed by atoms with van der Waals surface area (Å²) in [4.78, 5) is 11.8. The van der Waals surface area contributed by atoms with Crippen molar-refractivity contribution in [1.29, 1.82) is 0 Å². The first-order chi connectivity index (χ1) is 8.24. The molecule has 5 nitrogen and oxygen atoms in total. The molecule has 0 aromatic heterocycles. The second kappa shape index (κ2) is 5.05. The molecule has 1 N–H and O–H groups in total. The highest BCUT2D eigenvalue weighted by Gasteiger charge is 2.23. The fourth-order valence-corrected chi connectivity index (χ4v) is 1.47. The zero-order chi connectivity index (χ0) is 12.3. The topological polar surface area (TPSA) is 60.1 Å². The van der Waals surface area contributed by atoms with E-state index in [1.807, 2.05) is 0 Å². The van der Waals surface area contributed by atoms with Crippen LogP contribution in [0.5, 0.6) is 11.5 Å². The predicted octanol–water partition coefficient (Wildman–Crippen LogP) is 0.832. The molecular formula is C12H15NO4. The van der Waals surface area contributed by atoms with E-state index < -0.39 is 0 Å². The number of ether oxygens (including phenoxy) is 3. The van der Waals surface area contributed by atoms with Gasteiger partial charge in [-0.2, -0.15) is 0 Å². The summed E-state index contributed by atoms with van der Waals surface area (Å²) < 4.78 is 15.3. The van der Waals surface area contributed by atoms with Gasteiger partial charge < -0.3 is 19.5 Å². The Balaban J connectivity index is 2.05. The Morgan fingerprint density at radius 2 is 2.12 bits per heavy atom. The van der Waals surface area contributed by atoms with Crippen LogP contribution in [0.25, 0.3) is 0 Å². The van der Waals surface area contributed by atoms with E-state index >= 15 is 0 Å². The maximum absolute atomic E-state index is 11.8. The number of carbonyl (C=O) groups excluding carboxylic acids is 1. The van der Waals surface area contributed by atoms with Crippen molar-refractivity contribution >= 4 is 5.91 Å². The van der Waals surface area contributed by atoms with E-state index in [1.165, 1.54) is 7.11 Å². The molecule has 1 aromatic carbocycles. The van der Waals surface area contributed by atoms with Crippen molar-refractivity contribution in [3.05, 3.63) is 23.8 Å². The third-order valence-electron chi connectivity index (χ3n) is 2.54. The van der Waals surface area contributed by atoms with Crippen molar-refractivity contribution in [2.24, 2.45) is 0 Å². The number of rotatable bonds is 5. The normalized spacial score (nSPS) is 17.4. The minimum absolute atomic E-state index is 0.138. The predicted molar refractivity (Wildman–Crippen MR) is 61.6 cm³/mol. The maximum atomic E-state index is 11.8. The standard InChI is InChI=1S/C12H15NO4/c1-15-10-4-3-8(5-11(10)16-2)12(14)13-6-9-7-17-9/h3-5,9H,6-7H2,1-2H3,(H,13,14). The molecule has 0 saturated carbocycles. The summed E-state index contributed by atoms with van der Waals surface area (Å²) in [7, 11) is 3.10. The zero-order valence-corrected chi connectivity index (χ0v) is 9.86. The number of hydrogen-bond donors (Lipinski definition) is 1. The van der Waals surface area contributed by atoms with Gasteiger partial charge in [-0.25, -0.2) is 0 Å². The van der Waals surface area contributed by atoms with Crippen LogP contribution in [-0.2, 0) is 4.74 Å². The third-order valence-corrected chi connectivity index (χ3v) is 2.54. The number of nitrogens with one attached hydrogen (secondary N) is 1. The van der Waals surface area contributed by atoms with Gasteiger partial charge in [0, 0.05) is 12.1 Å². The molecule has 1 unspecified atom stereocenters. The second-order valence-corrected chi connectivity index (χ2v) is 3.74. The van der Waals surface area contributed by atoms with Crippen LogP contribution in [0.15, 0.2) is 18.2 Å². The second-order valence-electron chi connectivity index (χ2n) is 3.74. The lowest BCUT2D eigenvalue weighted by Crippen LogP contribution is -2.27. The van der Waals surface area contributed by atoms with Gasteiger partial charge in [0.2, 0.25) is 0 Å². The molecule has 0 spiro atoms. The fraction of sp³-hybridized carbons (Fsp3) is 0.417. The molecule has 17 heavy (non-hydrogen) atoms. The van der Waals surface area contributed by atoms with Crippen molar-refractivity contribution in [2.75, 3.05) is 27.4 Å². The average Bonchev–Trinajstić information content (AvgIpc) is 3.19.